The molecule has 1 aromatic rings. The number of likely N-dealkylation sites (tertiary alicyclic amines) is 1. The van der Waals surface area contributed by atoms with Gasteiger partial charge in [0.1, 0.15) is 5.75 Å². The normalized spacial score (nSPS) is 26.1. The average molecular weight is 318 g/mol. The Hall–Kier alpha value is -1.59. The maximum Gasteiger partial charge on any atom is 0.262 e. The Morgan fingerprint density at radius 1 is 1.35 bits per heavy atom. The summed E-state index contributed by atoms with van der Waals surface area (Å²) in [6.07, 6.45) is 3.94. The van der Waals surface area contributed by atoms with Gasteiger partial charge < -0.3 is 15.2 Å². The van der Waals surface area contributed by atoms with Gasteiger partial charge in [-0.25, -0.2) is 0 Å². The minimum atomic E-state index is -0.527. The maximum atomic E-state index is 11.4. The van der Waals surface area contributed by atoms with Gasteiger partial charge in [-0.1, -0.05) is 12.5 Å². The quantitative estimate of drug-likeness (QED) is 0.896. The number of aliphatic hydroxyl groups is 1. The van der Waals surface area contributed by atoms with E-state index in [1.807, 2.05) is 18.2 Å². The Balaban J connectivity index is 1.63. The zero-order valence-electron chi connectivity index (χ0n) is 13.9. The summed E-state index contributed by atoms with van der Waals surface area (Å²) in [7, 11) is 0. The molecule has 3 rings (SSSR count). The van der Waals surface area contributed by atoms with Crippen LogP contribution < -0.4 is 10.1 Å². The van der Waals surface area contributed by atoms with Crippen molar-refractivity contribution >= 4 is 11.6 Å². The van der Waals surface area contributed by atoms with E-state index in [0.717, 1.165) is 12.1 Å². The molecule has 1 amide bonds. The number of nitrogens with one attached hydrogen (secondary N) is 1. The first-order valence-corrected chi connectivity index (χ1v) is 8.55. The highest BCUT2D eigenvalue weighted by molar-refractivity contribution is 5.95. The van der Waals surface area contributed by atoms with Gasteiger partial charge in [0.15, 0.2) is 6.61 Å². The summed E-state index contributed by atoms with van der Waals surface area (Å²) in [6, 6.07) is 6.69. The number of aliphatic hydroxyl groups excluding tert-OH is 1. The van der Waals surface area contributed by atoms with Crippen LogP contribution in [0.1, 0.15) is 51.2 Å². The topological polar surface area (TPSA) is 61.8 Å². The van der Waals surface area contributed by atoms with E-state index in [2.05, 4.69) is 24.1 Å². The Morgan fingerprint density at radius 3 is 2.83 bits per heavy atom. The van der Waals surface area contributed by atoms with Crippen LogP contribution in [0.25, 0.3) is 0 Å². The highest BCUT2D eigenvalue weighted by Gasteiger charge is 2.25. The molecule has 5 nitrogen and oxygen atoms in total. The first-order valence-electron chi connectivity index (χ1n) is 8.55. The van der Waals surface area contributed by atoms with Gasteiger partial charge >= 0.3 is 0 Å². The number of piperidine rings is 1. The molecule has 2 heterocycles. The van der Waals surface area contributed by atoms with Crippen LogP contribution in [0.15, 0.2) is 18.2 Å². The third-order valence-electron chi connectivity index (χ3n) is 5.06. The van der Waals surface area contributed by atoms with Gasteiger partial charge in [0.05, 0.1) is 11.8 Å². The Bertz CT molecular complexity index is 565. The molecule has 3 atom stereocenters. The second-order valence-corrected chi connectivity index (χ2v) is 6.76. The summed E-state index contributed by atoms with van der Waals surface area (Å²) in [5, 5.41) is 13.3. The van der Waals surface area contributed by atoms with Crippen LogP contribution in [0.4, 0.5) is 5.69 Å². The molecule has 0 aromatic heterocycles. The van der Waals surface area contributed by atoms with E-state index < -0.39 is 6.10 Å². The van der Waals surface area contributed by atoms with Crippen molar-refractivity contribution in [1.82, 2.24) is 4.90 Å². The molecule has 0 spiro atoms. The fraction of sp³-hybridized carbons (Fsp3) is 0.611. The summed E-state index contributed by atoms with van der Waals surface area (Å²) < 4.78 is 5.35. The molecule has 0 bridgehead atoms. The Labute approximate surface area is 137 Å². The minimum absolute atomic E-state index is 0.0552. The van der Waals surface area contributed by atoms with Crippen molar-refractivity contribution < 1.29 is 14.6 Å². The van der Waals surface area contributed by atoms with E-state index >= 15 is 0 Å². The molecule has 2 aliphatic rings. The smallest absolute Gasteiger partial charge is 0.262 e. The molecule has 0 aliphatic carbocycles. The monoisotopic (exact) mass is 318 g/mol. The number of anilines is 1. The number of amides is 1. The number of hydrogen-bond acceptors (Lipinski definition) is 4. The molecular formula is C18H26N2O3. The van der Waals surface area contributed by atoms with Crippen molar-refractivity contribution in [2.75, 3.05) is 18.5 Å². The van der Waals surface area contributed by atoms with E-state index in [0.29, 0.717) is 29.9 Å². The predicted octanol–water partition coefficient (Wildman–Crippen LogP) is 2.70. The molecule has 2 aliphatic heterocycles. The standard InChI is InChI=1S/C18H26N2O3/c1-12-4-3-5-13(2)20(12)9-8-16(21)14-6-7-17-15(10-14)19-18(22)11-23-17/h6-7,10,12-13,16,21H,3-5,8-9,11H2,1-2H3,(H,19,22). The molecule has 0 saturated carbocycles. The first-order chi connectivity index (χ1) is 11.0. The molecular weight excluding hydrogens is 292 g/mol. The molecule has 0 radical (unpaired) electrons. The van der Waals surface area contributed by atoms with E-state index in [9.17, 15) is 9.90 Å². The highest BCUT2D eigenvalue weighted by atomic mass is 16.5. The molecule has 1 saturated heterocycles. The molecule has 23 heavy (non-hydrogen) atoms. The lowest BCUT2D eigenvalue weighted by atomic mass is 9.96. The molecule has 1 aromatic carbocycles. The second-order valence-electron chi connectivity index (χ2n) is 6.76. The third kappa shape index (κ3) is 3.67. The number of rotatable bonds is 4. The molecule has 3 unspecified atom stereocenters. The predicted molar refractivity (Wildman–Crippen MR) is 89.6 cm³/mol. The zero-order valence-corrected chi connectivity index (χ0v) is 13.9. The van der Waals surface area contributed by atoms with Gasteiger partial charge in [-0.3, -0.25) is 9.69 Å². The van der Waals surface area contributed by atoms with Crippen LogP contribution in [0.5, 0.6) is 5.75 Å². The van der Waals surface area contributed by atoms with Crippen molar-refractivity contribution in [3.63, 3.8) is 0 Å². The van der Waals surface area contributed by atoms with E-state index in [-0.39, 0.29) is 12.5 Å². The van der Waals surface area contributed by atoms with Crippen LogP contribution in [0.3, 0.4) is 0 Å². The summed E-state index contributed by atoms with van der Waals surface area (Å²) in [6.45, 7) is 5.49. The SMILES string of the molecule is CC1CCCC(C)N1CCC(O)c1ccc2c(c1)NC(=O)CO2. The highest BCUT2D eigenvalue weighted by Crippen LogP contribution is 2.32. The number of ether oxygens (including phenoxy) is 1. The van der Waals surface area contributed by atoms with Gasteiger partial charge in [-0.2, -0.15) is 0 Å². The third-order valence-corrected chi connectivity index (χ3v) is 5.06. The number of carbonyl (C=O) groups is 1. The molecule has 2 N–H and O–H groups in total. The van der Waals surface area contributed by atoms with Gasteiger partial charge in [0, 0.05) is 18.6 Å². The summed E-state index contributed by atoms with van der Waals surface area (Å²) in [4.78, 5) is 13.9. The number of fused-ring (bicyclic) bond motifs is 1. The fourth-order valence-corrected chi connectivity index (χ4v) is 3.66. The summed E-state index contributed by atoms with van der Waals surface area (Å²) in [5.41, 5.74) is 1.48. The number of hydrogen-bond donors (Lipinski definition) is 2. The van der Waals surface area contributed by atoms with Crippen molar-refractivity contribution in [3.05, 3.63) is 23.8 Å². The van der Waals surface area contributed by atoms with E-state index in [1.165, 1.54) is 19.3 Å². The Morgan fingerprint density at radius 2 is 2.09 bits per heavy atom. The van der Waals surface area contributed by atoms with Crippen molar-refractivity contribution in [2.45, 2.75) is 57.7 Å². The lowest BCUT2D eigenvalue weighted by Crippen LogP contribution is -2.44. The minimum Gasteiger partial charge on any atom is -0.482 e. The van der Waals surface area contributed by atoms with Crippen molar-refractivity contribution in [2.24, 2.45) is 0 Å². The summed E-state index contributed by atoms with van der Waals surface area (Å²) >= 11 is 0. The van der Waals surface area contributed by atoms with Gasteiger partial charge in [0.2, 0.25) is 0 Å². The van der Waals surface area contributed by atoms with Gasteiger partial charge in [-0.05, 0) is 50.8 Å². The van der Waals surface area contributed by atoms with Crippen molar-refractivity contribution in [1.29, 1.82) is 0 Å². The van der Waals surface area contributed by atoms with E-state index in [4.69, 9.17) is 4.74 Å². The molecule has 1 fully saturated rings. The zero-order chi connectivity index (χ0) is 16.4. The summed E-state index contributed by atoms with van der Waals surface area (Å²) in [5.74, 6) is 0.513. The molecule has 5 heteroatoms. The van der Waals surface area contributed by atoms with Gasteiger partial charge in [-0.15, -0.1) is 0 Å². The second kappa shape index (κ2) is 6.89. The largest absolute Gasteiger partial charge is 0.482 e. The number of nitrogens with zero attached hydrogens (tertiary/aromatic N) is 1. The average Bonchev–Trinajstić information content (AvgIpc) is 2.53. The number of carbonyl (C=O) groups excluding carboxylic acids is 1. The lowest BCUT2D eigenvalue weighted by molar-refractivity contribution is -0.118. The number of benzene rings is 1. The van der Waals surface area contributed by atoms with Crippen LogP contribution in [-0.2, 0) is 4.79 Å². The first kappa shape index (κ1) is 16.3. The Kier molecular flexibility index (Phi) is 4.87. The van der Waals surface area contributed by atoms with Crippen LogP contribution >= 0.6 is 0 Å². The lowest BCUT2D eigenvalue weighted by Gasteiger charge is -2.39. The van der Waals surface area contributed by atoms with E-state index in [1.54, 1.807) is 0 Å². The van der Waals surface area contributed by atoms with Crippen LogP contribution in [0, 0.1) is 0 Å². The van der Waals surface area contributed by atoms with Crippen molar-refractivity contribution in [3.8, 4) is 5.75 Å². The van der Waals surface area contributed by atoms with Crippen LogP contribution in [-0.4, -0.2) is 41.1 Å². The van der Waals surface area contributed by atoms with Gasteiger partial charge in [0.25, 0.3) is 5.91 Å². The molecule has 126 valence electrons. The maximum absolute atomic E-state index is 11.4. The van der Waals surface area contributed by atoms with Crippen LogP contribution in [0.2, 0.25) is 0 Å². The fourth-order valence-electron chi connectivity index (χ4n) is 3.66.